The molecule has 0 aromatic carbocycles. The fourth-order valence-electron chi connectivity index (χ4n) is 2.60. The third-order valence-corrected chi connectivity index (χ3v) is 5.08. The van der Waals surface area contributed by atoms with E-state index in [1.165, 1.54) is 11.4 Å². The summed E-state index contributed by atoms with van der Waals surface area (Å²) in [6.45, 7) is 10.1. The molecule has 5 heteroatoms. The molecule has 120 valence electrons. The van der Waals surface area contributed by atoms with Crippen molar-refractivity contribution in [3.05, 3.63) is 16.1 Å². The molecule has 1 aromatic rings. The number of hydrogen-bond donors (Lipinski definition) is 1. The topological polar surface area (TPSA) is 43.4 Å². The first-order valence-electron chi connectivity index (χ1n) is 7.79. The van der Waals surface area contributed by atoms with Crippen LogP contribution in [0.3, 0.4) is 0 Å². The van der Waals surface area contributed by atoms with Crippen molar-refractivity contribution in [2.75, 3.05) is 33.4 Å². The Balaban J connectivity index is 1.99. The zero-order valence-electron chi connectivity index (χ0n) is 13.6. The predicted octanol–water partition coefficient (Wildman–Crippen LogP) is 3.14. The monoisotopic (exact) mass is 312 g/mol. The van der Waals surface area contributed by atoms with Crippen molar-refractivity contribution in [2.45, 2.75) is 45.1 Å². The van der Waals surface area contributed by atoms with E-state index in [2.05, 4.69) is 31.5 Å². The highest BCUT2D eigenvalue weighted by Crippen LogP contribution is 2.35. The third kappa shape index (κ3) is 4.74. The van der Waals surface area contributed by atoms with Crippen LogP contribution in [0.2, 0.25) is 0 Å². The maximum Gasteiger partial charge on any atom is 0.104 e. The molecule has 0 bridgehead atoms. The lowest BCUT2D eigenvalue weighted by Crippen LogP contribution is -2.33. The second-order valence-corrected chi connectivity index (χ2v) is 7.58. The van der Waals surface area contributed by atoms with Gasteiger partial charge < -0.3 is 14.8 Å². The SMILES string of the molecule is COCCNCC1CCCOC1c1csc(C(C)(C)C)n1. The Hall–Kier alpha value is -0.490. The summed E-state index contributed by atoms with van der Waals surface area (Å²) in [5.74, 6) is 0.505. The quantitative estimate of drug-likeness (QED) is 0.820. The van der Waals surface area contributed by atoms with Crippen LogP contribution in [0.5, 0.6) is 0 Å². The summed E-state index contributed by atoms with van der Waals surface area (Å²) >= 11 is 1.75. The first-order valence-corrected chi connectivity index (χ1v) is 8.67. The molecule has 2 unspecified atom stereocenters. The fraction of sp³-hybridized carbons (Fsp3) is 0.812. The average molecular weight is 312 g/mol. The molecule has 2 atom stereocenters. The molecule has 2 rings (SSSR count). The Morgan fingerprint density at radius 2 is 2.29 bits per heavy atom. The highest BCUT2D eigenvalue weighted by Gasteiger charge is 2.30. The second-order valence-electron chi connectivity index (χ2n) is 6.72. The normalized spacial score (nSPS) is 23.4. The summed E-state index contributed by atoms with van der Waals surface area (Å²) in [5, 5.41) is 6.84. The van der Waals surface area contributed by atoms with Crippen molar-refractivity contribution in [1.82, 2.24) is 10.3 Å². The Labute approximate surface area is 132 Å². The number of hydrogen-bond acceptors (Lipinski definition) is 5. The van der Waals surface area contributed by atoms with Gasteiger partial charge in [0.1, 0.15) is 6.10 Å². The predicted molar refractivity (Wildman–Crippen MR) is 87.0 cm³/mol. The Morgan fingerprint density at radius 1 is 1.48 bits per heavy atom. The molecule has 1 aromatic heterocycles. The Kier molecular flexibility index (Phi) is 6.17. The van der Waals surface area contributed by atoms with Crippen LogP contribution >= 0.6 is 11.3 Å². The Bertz CT molecular complexity index is 428. The van der Waals surface area contributed by atoms with Crippen molar-refractivity contribution in [2.24, 2.45) is 5.92 Å². The van der Waals surface area contributed by atoms with Gasteiger partial charge in [-0.25, -0.2) is 4.98 Å². The van der Waals surface area contributed by atoms with Gasteiger partial charge >= 0.3 is 0 Å². The van der Waals surface area contributed by atoms with Gasteiger partial charge in [-0.2, -0.15) is 0 Å². The lowest BCUT2D eigenvalue weighted by Gasteiger charge is -2.31. The van der Waals surface area contributed by atoms with Gasteiger partial charge in [0.15, 0.2) is 0 Å². The smallest absolute Gasteiger partial charge is 0.104 e. The van der Waals surface area contributed by atoms with Gasteiger partial charge in [0, 0.05) is 43.5 Å². The van der Waals surface area contributed by atoms with E-state index in [4.69, 9.17) is 14.5 Å². The van der Waals surface area contributed by atoms with Crippen molar-refractivity contribution < 1.29 is 9.47 Å². The summed E-state index contributed by atoms with van der Waals surface area (Å²) in [7, 11) is 1.73. The van der Waals surface area contributed by atoms with Gasteiger partial charge in [0.25, 0.3) is 0 Å². The van der Waals surface area contributed by atoms with Crippen molar-refractivity contribution >= 4 is 11.3 Å². The van der Waals surface area contributed by atoms with Crippen molar-refractivity contribution in [3.63, 3.8) is 0 Å². The molecule has 1 aliphatic rings. The zero-order valence-corrected chi connectivity index (χ0v) is 14.5. The van der Waals surface area contributed by atoms with E-state index < -0.39 is 0 Å². The molecule has 1 fully saturated rings. The summed E-state index contributed by atoms with van der Waals surface area (Å²) in [4.78, 5) is 4.84. The van der Waals surface area contributed by atoms with E-state index in [9.17, 15) is 0 Å². The number of methoxy groups -OCH3 is 1. The highest BCUT2D eigenvalue weighted by atomic mass is 32.1. The lowest BCUT2D eigenvalue weighted by atomic mass is 9.92. The number of nitrogens with zero attached hydrogens (tertiary/aromatic N) is 1. The third-order valence-electron chi connectivity index (χ3n) is 3.79. The van der Waals surface area contributed by atoms with Crippen LogP contribution in [0.1, 0.15) is 50.4 Å². The van der Waals surface area contributed by atoms with Gasteiger partial charge in [0.2, 0.25) is 0 Å². The van der Waals surface area contributed by atoms with Gasteiger partial charge in [-0.3, -0.25) is 0 Å². The Morgan fingerprint density at radius 3 is 2.95 bits per heavy atom. The van der Waals surface area contributed by atoms with E-state index in [-0.39, 0.29) is 11.5 Å². The fourth-order valence-corrected chi connectivity index (χ4v) is 3.53. The molecule has 1 aliphatic heterocycles. The minimum Gasteiger partial charge on any atom is -0.383 e. The first kappa shape index (κ1) is 16.9. The number of aromatic nitrogens is 1. The lowest BCUT2D eigenvalue weighted by molar-refractivity contribution is -0.0302. The standard InChI is InChI=1S/C16H28N2O2S/c1-16(2,3)15-18-13(11-21-15)14-12(6-5-8-20-14)10-17-7-9-19-4/h11-12,14,17H,5-10H2,1-4H3. The van der Waals surface area contributed by atoms with Crippen LogP contribution in [0, 0.1) is 5.92 Å². The summed E-state index contributed by atoms with van der Waals surface area (Å²) in [6.07, 6.45) is 2.48. The first-order chi connectivity index (χ1) is 10.0. The van der Waals surface area contributed by atoms with Crippen LogP contribution < -0.4 is 5.32 Å². The van der Waals surface area contributed by atoms with E-state index in [1.807, 2.05) is 0 Å². The average Bonchev–Trinajstić information content (AvgIpc) is 2.94. The van der Waals surface area contributed by atoms with Crippen LogP contribution in [-0.4, -0.2) is 38.4 Å². The van der Waals surface area contributed by atoms with Gasteiger partial charge in [-0.1, -0.05) is 20.8 Å². The maximum atomic E-state index is 6.03. The van der Waals surface area contributed by atoms with E-state index in [0.717, 1.165) is 38.4 Å². The molecule has 4 nitrogen and oxygen atoms in total. The number of rotatable bonds is 6. The molecule has 1 saturated heterocycles. The molecule has 0 aliphatic carbocycles. The number of nitrogens with one attached hydrogen (secondary N) is 1. The molecule has 0 spiro atoms. The van der Waals surface area contributed by atoms with Crippen molar-refractivity contribution in [3.8, 4) is 0 Å². The van der Waals surface area contributed by atoms with Crippen LogP contribution in [0.4, 0.5) is 0 Å². The number of thiazole rings is 1. The molecule has 0 radical (unpaired) electrons. The summed E-state index contributed by atoms with van der Waals surface area (Å²) in [6, 6.07) is 0. The van der Waals surface area contributed by atoms with Gasteiger partial charge in [-0.05, 0) is 12.8 Å². The van der Waals surface area contributed by atoms with Crippen molar-refractivity contribution in [1.29, 1.82) is 0 Å². The summed E-state index contributed by atoms with van der Waals surface area (Å²) < 4.78 is 11.1. The zero-order chi connectivity index (χ0) is 15.3. The van der Waals surface area contributed by atoms with E-state index in [0.29, 0.717) is 5.92 Å². The van der Waals surface area contributed by atoms with E-state index in [1.54, 1.807) is 18.4 Å². The minimum atomic E-state index is 0.115. The molecular weight excluding hydrogens is 284 g/mol. The van der Waals surface area contributed by atoms with E-state index >= 15 is 0 Å². The molecular formula is C16H28N2O2S. The largest absolute Gasteiger partial charge is 0.383 e. The molecule has 1 N–H and O–H groups in total. The molecule has 2 heterocycles. The minimum absolute atomic E-state index is 0.115. The van der Waals surface area contributed by atoms with Gasteiger partial charge in [0.05, 0.1) is 17.3 Å². The van der Waals surface area contributed by atoms with Crippen LogP contribution in [0.15, 0.2) is 5.38 Å². The molecule has 21 heavy (non-hydrogen) atoms. The highest BCUT2D eigenvalue weighted by molar-refractivity contribution is 7.09. The second kappa shape index (κ2) is 7.68. The van der Waals surface area contributed by atoms with Crippen LogP contribution in [0.25, 0.3) is 0 Å². The van der Waals surface area contributed by atoms with Crippen LogP contribution in [-0.2, 0) is 14.9 Å². The molecule has 0 amide bonds. The maximum absolute atomic E-state index is 6.03. The van der Waals surface area contributed by atoms with Gasteiger partial charge in [-0.15, -0.1) is 11.3 Å². The molecule has 0 saturated carbocycles. The number of ether oxygens (including phenoxy) is 2. The summed E-state index contributed by atoms with van der Waals surface area (Å²) in [5.41, 5.74) is 1.23.